The van der Waals surface area contributed by atoms with Crippen molar-refractivity contribution in [2.75, 3.05) is 20.1 Å². The number of hydrogen-bond acceptors (Lipinski definition) is 3. The molecule has 4 heteroatoms. The molecule has 19 heavy (non-hydrogen) atoms. The van der Waals surface area contributed by atoms with Crippen molar-refractivity contribution >= 4 is 17.2 Å². The topological polar surface area (TPSA) is 32.3 Å². The molecule has 1 aliphatic carbocycles. The third kappa shape index (κ3) is 2.43. The third-order valence-corrected chi connectivity index (χ3v) is 5.75. The van der Waals surface area contributed by atoms with Gasteiger partial charge in [-0.3, -0.25) is 9.69 Å². The Morgan fingerprint density at radius 1 is 1.58 bits per heavy atom. The van der Waals surface area contributed by atoms with Crippen LogP contribution in [0.4, 0.5) is 0 Å². The molecular weight excluding hydrogens is 256 g/mol. The molecule has 1 aromatic heterocycles. The van der Waals surface area contributed by atoms with Crippen molar-refractivity contribution in [3.63, 3.8) is 0 Å². The molecule has 2 aliphatic rings. The lowest BCUT2D eigenvalue weighted by Gasteiger charge is -2.30. The number of hydrogen-bond donors (Lipinski definition) is 1. The van der Waals surface area contributed by atoms with Crippen molar-refractivity contribution in [3.05, 3.63) is 22.4 Å². The van der Waals surface area contributed by atoms with E-state index in [0.29, 0.717) is 0 Å². The molecule has 1 aromatic rings. The fraction of sp³-hybridized carbons (Fsp3) is 0.667. The van der Waals surface area contributed by atoms with Gasteiger partial charge in [0, 0.05) is 30.9 Å². The van der Waals surface area contributed by atoms with Crippen LogP contribution in [-0.2, 0) is 11.3 Å². The van der Waals surface area contributed by atoms with E-state index in [2.05, 4.69) is 27.7 Å². The Morgan fingerprint density at radius 3 is 3.21 bits per heavy atom. The first kappa shape index (κ1) is 13.1. The Morgan fingerprint density at radius 2 is 2.47 bits per heavy atom. The molecule has 0 radical (unpaired) electrons. The molecule has 0 unspecified atom stereocenters. The molecule has 104 valence electrons. The highest BCUT2D eigenvalue weighted by molar-refractivity contribution is 7.09. The van der Waals surface area contributed by atoms with Crippen LogP contribution in [0.3, 0.4) is 0 Å². The Labute approximate surface area is 119 Å². The molecule has 2 atom stereocenters. The number of thiophene rings is 1. The molecule has 1 saturated heterocycles. The minimum absolute atomic E-state index is 0.242. The normalized spacial score (nSPS) is 31.1. The minimum Gasteiger partial charge on any atom is -0.359 e. The molecule has 3 rings (SSSR count). The Hall–Kier alpha value is -0.870. The molecule has 0 aromatic carbocycles. The van der Waals surface area contributed by atoms with Crippen LogP contribution in [0.25, 0.3) is 0 Å². The van der Waals surface area contributed by atoms with Crippen LogP contribution < -0.4 is 5.32 Å². The van der Waals surface area contributed by atoms with Crippen LogP contribution >= 0.6 is 11.3 Å². The lowest BCUT2D eigenvalue weighted by atomic mass is 9.76. The van der Waals surface area contributed by atoms with Crippen molar-refractivity contribution in [1.82, 2.24) is 10.2 Å². The highest BCUT2D eigenvalue weighted by Gasteiger charge is 2.49. The quantitative estimate of drug-likeness (QED) is 0.921. The van der Waals surface area contributed by atoms with Crippen LogP contribution in [0.1, 0.15) is 30.6 Å². The fourth-order valence-corrected chi connectivity index (χ4v) is 4.70. The maximum Gasteiger partial charge on any atom is 0.223 e. The van der Waals surface area contributed by atoms with Crippen molar-refractivity contribution in [1.29, 1.82) is 0 Å². The molecule has 0 bridgehead atoms. The predicted molar refractivity (Wildman–Crippen MR) is 78.1 cm³/mol. The molecule has 1 saturated carbocycles. The molecular formula is C15H22N2OS. The van der Waals surface area contributed by atoms with Gasteiger partial charge in [0.05, 0.1) is 0 Å². The zero-order valence-corrected chi connectivity index (χ0v) is 12.3. The maximum atomic E-state index is 12.1. The maximum absolute atomic E-state index is 12.1. The van der Waals surface area contributed by atoms with Gasteiger partial charge in [-0.05, 0) is 42.7 Å². The molecule has 1 N–H and O–H groups in total. The first-order valence-electron chi connectivity index (χ1n) is 7.20. The fourth-order valence-electron chi connectivity index (χ4n) is 3.95. The summed E-state index contributed by atoms with van der Waals surface area (Å²) >= 11 is 1.83. The molecule has 2 heterocycles. The number of carbonyl (C=O) groups is 1. The summed E-state index contributed by atoms with van der Waals surface area (Å²) in [6, 6.07) is 4.33. The second-order valence-corrected chi connectivity index (χ2v) is 6.99. The highest BCUT2D eigenvalue weighted by atomic mass is 32.1. The van der Waals surface area contributed by atoms with Gasteiger partial charge in [0.2, 0.25) is 5.91 Å². The summed E-state index contributed by atoms with van der Waals surface area (Å²) in [6.45, 7) is 3.30. The monoisotopic (exact) mass is 278 g/mol. The van der Waals surface area contributed by atoms with Gasteiger partial charge in [0.15, 0.2) is 0 Å². The summed E-state index contributed by atoms with van der Waals surface area (Å²) in [6.07, 6.45) is 4.71. The molecule has 1 amide bonds. The Bertz CT molecular complexity index is 445. The average Bonchev–Trinajstić information content (AvgIpc) is 3.13. The molecule has 1 spiro atoms. The number of nitrogens with zero attached hydrogens (tertiary/aromatic N) is 1. The van der Waals surface area contributed by atoms with E-state index in [9.17, 15) is 4.79 Å². The molecule has 2 fully saturated rings. The van der Waals surface area contributed by atoms with Gasteiger partial charge in [-0.1, -0.05) is 12.5 Å². The average molecular weight is 278 g/mol. The smallest absolute Gasteiger partial charge is 0.223 e. The van der Waals surface area contributed by atoms with E-state index >= 15 is 0 Å². The van der Waals surface area contributed by atoms with Gasteiger partial charge >= 0.3 is 0 Å². The number of nitrogens with one attached hydrogen (secondary N) is 1. The van der Waals surface area contributed by atoms with E-state index in [1.165, 1.54) is 24.1 Å². The van der Waals surface area contributed by atoms with Gasteiger partial charge in [-0.25, -0.2) is 0 Å². The zero-order valence-electron chi connectivity index (χ0n) is 11.5. The van der Waals surface area contributed by atoms with Gasteiger partial charge in [0.25, 0.3) is 0 Å². The third-order valence-electron chi connectivity index (χ3n) is 4.89. The van der Waals surface area contributed by atoms with Gasteiger partial charge in [-0.15, -0.1) is 11.3 Å². The SMILES string of the molecule is CNC(=O)[C@H]1CCC[C@@]12CCN(Cc1cccs1)C2. The summed E-state index contributed by atoms with van der Waals surface area (Å²) in [5.41, 5.74) is 0.261. The van der Waals surface area contributed by atoms with Crippen LogP contribution in [-0.4, -0.2) is 30.9 Å². The van der Waals surface area contributed by atoms with E-state index in [1.54, 1.807) is 7.05 Å². The summed E-state index contributed by atoms with van der Waals surface area (Å²) in [7, 11) is 1.77. The predicted octanol–water partition coefficient (Wildman–Crippen LogP) is 2.49. The zero-order chi connectivity index (χ0) is 13.3. The van der Waals surface area contributed by atoms with Crippen LogP contribution in [0, 0.1) is 11.3 Å². The standard InChI is InChI=1S/C15H22N2OS/c1-16-14(18)13-5-2-6-15(13)7-8-17(11-15)10-12-4-3-9-19-12/h3-4,9,13H,2,5-8,10-11H2,1H3,(H,16,18)/t13-,15+/m1/s1. The molecule has 3 nitrogen and oxygen atoms in total. The van der Waals surface area contributed by atoms with E-state index in [4.69, 9.17) is 0 Å². The highest BCUT2D eigenvalue weighted by Crippen LogP contribution is 2.50. The number of carbonyl (C=O) groups excluding carboxylic acids is 1. The number of amides is 1. The minimum atomic E-state index is 0.242. The van der Waals surface area contributed by atoms with Crippen LogP contribution in [0.2, 0.25) is 0 Å². The second kappa shape index (κ2) is 5.25. The summed E-state index contributed by atoms with van der Waals surface area (Å²) in [4.78, 5) is 16.0. The van der Waals surface area contributed by atoms with Crippen LogP contribution in [0.5, 0.6) is 0 Å². The van der Waals surface area contributed by atoms with E-state index in [-0.39, 0.29) is 17.2 Å². The Kier molecular flexibility index (Phi) is 3.63. The summed E-state index contributed by atoms with van der Waals surface area (Å²) in [5.74, 6) is 0.501. The van der Waals surface area contributed by atoms with Gasteiger partial charge < -0.3 is 5.32 Å². The van der Waals surface area contributed by atoms with Crippen molar-refractivity contribution in [3.8, 4) is 0 Å². The van der Waals surface area contributed by atoms with E-state index in [1.807, 2.05) is 11.3 Å². The summed E-state index contributed by atoms with van der Waals surface area (Å²) in [5, 5.41) is 5.01. The first-order chi connectivity index (χ1) is 9.23. The summed E-state index contributed by atoms with van der Waals surface area (Å²) < 4.78 is 0. The van der Waals surface area contributed by atoms with Crippen molar-refractivity contribution in [2.24, 2.45) is 11.3 Å². The molecule has 1 aliphatic heterocycles. The lowest BCUT2D eigenvalue weighted by Crippen LogP contribution is -2.39. The number of likely N-dealkylation sites (tertiary alicyclic amines) is 1. The van der Waals surface area contributed by atoms with Crippen molar-refractivity contribution in [2.45, 2.75) is 32.2 Å². The first-order valence-corrected chi connectivity index (χ1v) is 8.08. The Balaban J connectivity index is 1.68. The van der Waals surface area contributed by atoms with Crippen LogP contribution in [0.15, 0.2) is 17.5 Å². The van der Waals surface area contributed by atoms with Crippen molar-refractivity contribution < 1.29 is 4.79 Å². The van der Waals surface area contributed by atoms with Gasteiger partial charge in [0.1, 0.15) is 0 Å². The van der Waals surface area contributed by atoms with E-state index < -0.39 is 0 Å². The second-order valence-electron chi connectivity index (χ2n) is 5.96. The lowest BCUT2D eigenvalue weighted by molar-refractivity contribution is -0.127. The van der Waals surface area contributed by atoms with E-state index in [0.717, 1.165) is 26.1 Å². The van der Waals surface area contributed by atoms with Gasteiger partial charge in [-0.2, -0.15) is 0 Å². The largest absolute Gasteiger partial charge is 0.359 e. The number of rotatable bonds is 3.